The first-order chi connectivity index (χ1) is 7.11. The Labute approximate surface area is 100 Å². The number of carboxylic acids is 1. The highest BCUT2D eigenvalue weighted by Crippen LogP contribution is 1.98. The minimum atomic E-state index is -0.803. The van der Waals surface area contributed by atoms with Crippen molar-refractivity contribution in [1.29, 1.82) is 0 Å². The molecule has 0 bridgehead atoms. The monoisotopic (exact) mass is 322 g/mol. The van der Waals surface area contributed by atoms with E-state index < -0.39 is 5.97 Å². The molecular formula is C9H11IN2O3. The number of hydrogen-bond donors (Lipinski definition) is 1. The van der Waals surface area contributed by atoms with Crippen molar-refractivity contribution in [3.8, 4) is 0 Å². The van der Waals surface area contributed by atoms with E-state index in [-0.39, 0.29) is 12.0 Å². The van der Waals surface area contributed by atoms with E-state index in [2.05, 4.69) is 4.98 Å². The Bertz CT molecular complexity index is 403. The van der Waals surface area contributed by atoms with E-state index in [4.69, 9.17) is 5.11 Å². The fourth-order valence-corrected chi connectivity index (χ4v) is 1.61. The second-order valence-electron chi connectivity index (χ2n) is 3.09. The summed E-state index contributed by atoms with van der Waals surface area (Å²) in [5.41, 5.74) is -0.0686. The van der Waals surface area contributed by atoms with Gasteiger partial charge in [-0.25, -0.2) is 4.98 Å². The number of carboxylic acid groups (broad SMARTS) is 1. The minimum absolute atomic E-state index is 0.0686. The molecule has 0 saturated heterocycles. The van der Waals surface area contributed by atoms with Crippen LogP contribution in [-0.4, -0.2) is 20.6 Å². The fourth-order valence-electron chi connectivity index (χ4n) is 1.14. The summed E-state index contributed by atoms with van der Waals surface area (Å²) in [5, 5.41) is 8.43. The number of unbranched alkanes of at least 4 members (excludes halogenated alkanes) is 1. The van der Waals surface area contributed by atoms with Crippen molar-refractivity contribution >= 4 is 28.6 Å². The first kappa shape index (κ1) is 12.2. The summed E-state index contributed by atoms with van der Waals surface area (Å²) in [4.78, 5) is 25.6. The summed E-state index contributed by atoms with van der Waals surface area (Å²) in [7, 11) is 0. The van der Waals surface area contributed by atoms with Crippen LogP contribution < -0.4 is 5.56 Å². The van der Waals surface area contributed by atoms with Crippen molar-refractivity contribution < 1.29 is 9.90 Å². The Hall–Kier alpha value is -0.920. The van der Waals surface area contributed by atoms with E-state index in [1.54, 1.807) is 0 Å². The maximum absolute atomic E-state index is 11.5. The number of aryl methyl sites for hydroxylation is 1. The van der Waals surface area contributed by atoms with Crippen molar-refractivity contribution in [2.24, 2.45) is 0 Å². The van der Waals surface area contributed by atoms with Gasteiger partial charge < -0.3 is 5.11 Å². The zero-order valence-corrected chi connectivity index (χ0v) is 10.2. The van der Waals surface area contributed by atoms with Crippen LogP contribution in [0.2, 0.25) is 0 Å². The Morgan fingerprint density at radius 1 is 1.53 bits per heavy atom. The average molecular weight is 322 g/mol. The molecule has 1 aromatic heterocycles. The lowest BCUT2D eigenvalue weighted by molar-refractivity contribution is -0.137. The van der Waals surface area contributed by atoms with Crippen LogP contribution in [-0.2, 0) is 11.3 Å². The Morgan fingerprint density at radius 2 is 2.27 bits per heavy atom. The third-order valence-electron chi connectivity index (χ3n) is 1.90. The number of rotatable bonds is 5. The second-order valence-corrected chi connectivity index (χ2v) is 4.25. The number of nitrogens with zero attached hydrogens (tertiary/aromatic N) is 2. The summed E-state index contributed by atoms with van der Waals surface area (Å²) < 4.78 is 2.08. The molecular weight excluding hydrogens is 311 g/mol. The molecule has 0 fully saturated rings. The van der Waals surface area contributed by atoms with Gasteiger partial charge in [-0.1, -0.05) is 0 Å². The average Bonchev–Trinajstić information content (AvgIpc) is 2.18. The largest absolute Gasteiger partial charge is 0.481 e. The van der Waals surface area contributed by atoms with Crippen LogP contribution in [0.15, 0.2) is 17.3 Å². The highest BCUT2D eigenvalue weighted by atomic mass is 127. The lowest BCUT2D eigenvalue weighted by atomic mass is 10.2. The van der Waals surface area contributed by atoms with Gasteiger partial charge in [-0.05, 0) is 35.4 Å². The van der Waals surface area contributed by atoms with Crippen molar-refractivity contribution in [1.82, 2.24) is 9.55 Å². The van der Waals surface area contributed by atoms with Crippen LogP contribution in [0.4, 0.5) is 0 Å². The lowest BCUT2D eigenvalue weighted by Gasteiger charge is -2.03. The van der Waals surface area contributed by atoms with Crippen molar-refractivity contribution in [3.05, 3.63) is 26.4 Å². The van der Waals surface area contributed by atoms with Gasteiger partial charge in [0.05, 0.1) is 9.90 Å². The van der Waals surface area contributed by atoms with Gasteiger partial charge >= 0.3 is 5.97 Å². The molecule has 0 atom stereocenters. The zero-order valence-electron chi connectivity index (χ0n) is 8.02. The molecule has 0 aliphatic heterocycles. The molecule has 82 valence electrons. The van der Waals surface area contributed by atoms with E-state index in [0.717, 1.165) is 0 Å². The molecule has 0 radical (unpaired) electrons. The zero-order chi connectivity index (χ0) is 11.3. The van der Waals surface area contributed by atoms with Crippen molar-refractivity contribution in [2.75, 3.05) is 0 Å². The minimum Gasteiger partial charge on any atom is -0.481 e. The van der Waals surface area contributed by atoms with Gasteiger partial charge in [-0.15, -0.1) is 0 Å². The summed E-state index contributed by atoms with van der Waals surface area (Å²) in [6.07, 6.45) is 4.38. The summed E-state index contributed by atoms with van der Waals surface area (Å²) in [6, 6.07) is 0. The van der Waals surface area contributed by atoms with Gasteiger partial charge in [0.15, 0.2) is 0 Å². The molecule has 1 rings (SSSR count). The molecule has 0 spiro atoms. The second kappa shape index (κ2) is 5.84. The first-order valence-corrected chi connectivity index (χ1v) is 5.61. The van der Waals surface area contributed by atoms with Crippen LogP contribution in [0.1, 0.15) is 19.3 Å². The third kappa shape index (κ3) is 3.98. The Balaban J connectivity index is 2.48. The van der Waals surface area contributed by atoms with Crippen LogP contribution >= 0.6 is 22.6 Å². The molecule has 1 N–H and O–H groups in total. The van der Waals surface area contributed by atoms with E-state index in [1.807, 2.05) is 22.6 Å². The quantitative estimate of drug-likeness (QED) is 0.651. The highest BCUT2D eigenvalue weighted by molar-refractivity contribution is 14.1. The molecule has 0 unspecified atom stereocenters. The van der Waals surface area contributed by atoms with Crippen LogP contribution in [0.25, 0.3) is 0 Å². The van der Waals surface area contributed by atoms with Gasteiger partial charge in [-0.2, -0.15) is 0 Å². The predicted molar refractivity (Wildman–Crippen MR) is 62.7 cm³/mol. The smallest absolute Gasteiger partial charge is 0.303 e. The molecule has 1 heterocycles. The van der Waals surface area contributed by atoms with Crippen LogP contribution in [0, 0.1) is 3.57 Å². The molecule has 1 aromatic rings. The summed E-state index contributed by atoms with van der Waals surface area (Å²) in [6.45, 7) is 0.524. The summed E-state index contributed by atoms with van der Waals surface area (Å²) in [5.74, 6) is -0.803. The predicted octanol–water partition coefficient (Wildman–Crippen LogP) is 1.10. The number of carbonyl (C=O) groups is 1. The normalized spacial score (nSPS) is 10.2. The maximum atomic E-state index is 11.5. The molecule has 0 amide bonds. The van der Waals surface area contributed by atoms with E-state index >= 15 is 0 Å². The molecule has 0 saturated carbocycles. The molecule has 6 heteroatoms. The molecule has 0 aliphatic rings. The number of aliphatic carboxylic acids is 1. The number of aromatic nitrogens is 2. The van der Waals surface area contributed by atoms with E-state index in [9.17, 15) is 9.59 Å². The molecule has 0 aromatic carbocycles. The Kier molecular flexibility index (Phi) is 4.73. The standard InChI is InChI=1S/C9H11IN2O3/c10-7-5-11-6-12(9(7)15)4-2-1-3-8(13)14/h5-6H,1-4H2,(H,13,14). The lowest BCUT2D eigenvalue weighted by Crippen LogP contribution is -2.22. The SMILES string of the molecule is O=C(O)CCCCn1cncc(I)c1=O. The van der Waals surface area contributed by atoms with Crippen LogP contribution in [0.3, 0.4) is 0 Å². The van der Waals surface area contributed by atoms with Crippen molar-refractivity contribution in [2.45, 2.75) is 25.8 Å². The van der Waals surface area contributed by atoms with Gasteiger partial charge in [0, 0.05) is 19.2 Å². The summed E-state index contributed by atoms with van der Waals surface area (Å²) >= 11 is 1.93. The fraction of sp³-hybridized carbons (Fsp3) is 0.444. The number of halogens is 1. The number of hydrogen-bond acceptors (Lipinski definition) is 3. The topological polar surface area (TPSA) is 72.2 Å². The van der Waals surface area contributed by atoms with Crippen molar-refractivity contribution in [3.63, 3.8) is 0 Å². The molecule has 5 nitrogen and oxygen atoms in total. The van der Waals surface area contributed by atoms with Gasteiger partial charge in [0.1, 0.15) is 0 Å². The van der Waals surface area contributed by atoms with Gasteiger partial charge in [-0.3, -0.25) is 14.2 Å². The molecule has 15 heavy (non-hydrogen) atoms. The molecule has 0 aliphatic carbocycles. The van der Waals surface area contributed by atoms with Gasteiger partial charge in [0.25, 0.3) is 5.56 Å². The van der Waals surface area contributed by atoms with Crippen LogP contribution in [0.5, 0.6) is 0 Å². The Morgan fingerprint density at radius 3 is 2.93 bits per heavy atom. The van der Waals surface area contributed by atoms with E-state index in [0.29, 0.717) is 23.0 Å². The first-order valence-electron chi connectivity index (χ1n) is 4.53. The maximum Gasteiger partial charge on any atom is 0.303 e. The third-order valence-corrected chi connectivity index (χ3v) is 2.64. The highest BCUT2D eigenvalue weighted by Gasteiger charge is 2.01. The van der Waals surface area contributed by atoms with Gasteiger partial charge in [0.2, 0.25) is 0 Å². The van der Waals surface area contributed by atoms with E-state index in [1.165, 1.54) is 17.1 Å².